The first kappa shape index (κ1) is 22.8. The Labute approximate surface area is 209 Å². The molecule has 0 aliphatic carbocycles. The number of halogens is 2. The van der Waals surface area contributed by atoms with Gasteiger partial charge in [-0.2, -0.15) is 0 Å². The van der Waals surface area contributed by atoms with Crippen molar-refractivity contribution >= 4 is 56.5 Å². The molecule has 0 aliphatic heterocycles. The van der Waals surface area contributed by atoms with Crippen LogP contribution in [0.1, 0.15) is 15.9 Å². The van der Waals surface area contributed by atoms with Gasteiger partial charge in [-0.1, -0.05) is 65.7 Å². The standard InChI is InChI=1S/C27H19Cl2N3O3/c28-20-11-17(12-21(29)23(20)30)24-26(34)25(33)19-10-15(8-9-22(19)32-24)27(35)31-13-16-6-3-5-14-4-1-2-7-18(14)16/h1-12,34H,13,30H2,(H,31,35)(H,32,33). The lowest BCUT2D eigenvalue weighted by Crippen LogP contribution is -2.23. The van der Waals surface area contributed by atoms with Crippen LogP contribution in [0.25, 0.3) is 32.9 Å². The van der Waals surface area contributed by atoms with Gasteiger partial charge >= 0.3 is 0 Å². The molecule has 5 N–H and O–H groups in total. The lowest BCUT2D eigenvalue weighted by atomic mass is 10.0. The molecule has 5 rings (SSSR count). The smallest absolute Gasteiger partial charge is 0.251 e. The molecule has 174 valence electrons. The summed E-state index contributed by atoms with van der Waals surface area (Å²) < 4.78 is 0. The molecule has 5 aromatic rings. The number of nitrogens with two attached hydrogens (primary N) is 1. The third-order valence-corrected chi connectivity index (χ3v) is 6.55. The number of benzene rings is 4. The Kier molecular flexibility index (Phi) is 5.84. The molecule has 0 aliphatic rings. The Balaban J connectivity index is 1.46. The van der Waals surface area contributed by atoms with E-state index in [1.807, 2.05) is 42.5 Å². The van der Waals surface area contributed by atoms with Gasteiger partial charge in [-0.15, -0.1) is 0 Å². The number of nitrogen functional groups attached to an aromatic ring is 1. The van der Waals surface area contributed by atoms with Crippen molar-refractivity contribution in [2.45, 2.75) is 6.54 Å². The second-order valence-corrected chi connectivity index (χ2v) is 8.93. The molecule has 4 aromatic carbocycles. The highest BCUT2D eigenvalue weighted by Gasteiger charge is 2.17. The predicted octanol–water partition coefficient (Wildman–Crippen LogP) is 5.87. The van der Waals surface area contributed by atoms with Crippen molar-refractivity contribution in [1.29, 1.82) is 0 Å². The summed E-state index contributed by atoms with van der Waals surface area (Å²) in [6.07, 6.45) is 0. The number of pyridine rings is 1. The minimum absolute atomic E-state index is 0.152. The van der Waals surface area contributed by atoms with Crippen LogP contribution in [0.4, 0.5) is 5.69 Å². The summed E-state index contributed by atoms with van der Waals surface area (Å²) in [5.41, 5.74) is 7.65. The summed E-state index contributed by atoms with van der Waals surface area (Å²) in [7, 11) is 0. The second kappa shape index (κ2) is 8.98. The number of hydrogen-bond donors (Lipinski definition) is 4. The first-order valence-electron chi connectivity index (χ1n) is 10.7. The van der Waals surface area contributed by atoms with Crippen LogP contribution in [0.5, 0.6) is 5.75 Å². The van der Waals surface area contributed by atoms with Crippen LogP contribution in [0.15, 0.2) is 77.6 Å². The zero-order valence-corrected chi connectivity index (χ0v) is 19.7. The Hall–Kier alpha value is -4.00. The molecular formula is C27H19Cl2N3O3. The van der Waals surface area contributed by atoms with Gasteiger partial charge in [0.25, 0.3) is 5.91 Å². The number of hydrogen-bond acceptors (Lipinski definition) is 4. The molecule has 35 heavy (non-hydrogen) atoms. The van der Waals surface area contributed by atoms with Crippen molar-refractivity contribution in [3.05, 3.63) is 104 Å². The normalized spacial score (nSPS) is 11.1. The van der Waals surface area contributed by atoms with E-state index < -0.39 is 11.2 Å². The second-order valence-electron chi connectivity index (χ2n) is 8.11. The van der Waals surface area contributed by atoms with Crippen LogP contribution < -0.4 is 16.5 Å². The first-order valence-corrected chi connectivity index (χ1v) is 11.5. The fraction of sp³-hybridized carbons (Fsp3) is 0.0370. The van der Waals surface area contributed by atoms with E-state index in [-0.39, 0.29) is 32.7 Å². The lowest BCUT2D eigenvalue weighted by Gasteiger charge is -2.11. The van der Waals surface area contributed by atoms with Crippen LogP contribution in [0.2, 0.25) is 10.0 Å². The third kappa shape index (κ3) is 4.18. The molecule has 0 bridgehead atoms. The summed E-state index contributed by atoms with van der Waals surface area (Å²) in [5, 5.41) is 16.3. The minimum atomic E-state index is -0.624. The Morgan fingerprint density at radius 2 is 1.66 bits per heavy atom. The van der Waals surface area contributed by atoms with Crippen LogP contribution in [-0.4, -0.2) is 16.0 Å². The van der Waals surface area contributed by atoms with Crippen LogP contribution in [0.3, 0.4) is 0 Å². The van der Waals surface area contributed by atoms with Gasteiger partial charge in [0.1, 0.15) is 0 Å². The number of rotatable bonds is 4. The number of carbonyl (C=O) groups is 1. The summed E-state index contributed by atoms with van der Waals surface area (Å²) in [4.78, 5) is 28.9. The maximum absolute atomic E-state index is 13.0. The lowest BCUT2D eigenvalue weighted by molar-refractivity contribution is 0.0951. The number of anilines is 1. The molecule has 0 saturated carbocycles. The molecule has 0 radical (unpaired) electrons. The number of nitrogens with one attached hydrogen (secondary N) is 2. The number of amides is 1. The van der Waals surface area contributed by atoms with Crippen molar-refractivity contribution in [2.75, 3.05) is 5.73 Å². The molecule has 0 atom stereocenters. The van der Waals surface area contributed by atoms with E-state index in [9.17, 15) is 14.7 Å². The third-order valence-electron chi connectivity index (χ3n) is 5.92. The number of fused-ring (bicyclic) bond motifs is 2. The van der Waals surface area contributed by atoms with Gasteiger partial charge < -0.3 is 21.1 Å². The highest BCUT2D eigenvalue weighted by Crippen LogP contribution is 2.35. The van der Waals surface area contributed by atoms with E-state index in [0.29, 0.717) is 23.2 Å². The van der Waals surface area contributed by atoms with E-state index in [4.69, 9.17) is 28.9 Å². The largest absolute Gasteiger partial charge is 0.503 e. The van der Waals surface area contributed by atoms with E-state index >= 15 is 0 Å². The van der Waals surface area contributed by atoms with E-state index in [1.165, 1.54) is 18.2 Å². The zero-order chi connectivity index (χ0) is 24.7. The topological polar surface area (TPSA) is 108 Å². The van der Waals surface area contributed by atoms with Gasteiger partial charge in [0.05, 0.1) is 32.3 Å². The fourth-order valence-electron chi connectivity index (χ4n) is 4.08. The van der Waals surface area contributed by atoms with E-state index in [0.717, 1.165) is 16.3 Å². The summed E-state index contributed by atoms with van der Waals surface area (Å²) in [6.45, 7) is 0.331. The van der Waals surface area contributed by atoms with Crippen molar-refractivity contribution < 1.29 is 9.90 Å². The van der Waals surface area contributed by atoms with Gasteiger partial charge in [0.2, 0.25) is 5.43 Å². The van der Waals surface area contributed by atoms with Crippen molar-refractivity contribution in [3.63, 3.8) is 0 Å². The molecule has 6 nitrogen and oxygen atoms in total. The monoisotopic (exact) mass is 503 g/mol. The number of H-pyrrole nitrogens is 1. The minimum Gasteiger partial charge on any atom is -0.503 e. The van der Waals surface area contributed by atoms with Crippen LogP contribution >= 0.6 is 23.2 Å². The number of aromatic amines is 1. The maximum Gasteiger partial charge on any atom is 0.251 e. The zero-order valence-electron chi connectivity index (χ0n) is 18.2. The van der Waals surface area contributed by atoms with E-state index in [1.54, 1.807) is 12.1 Å². The fourth-order valence-corrected chi connectivity index (χ4v) is 4.57. The van der Waals surface area contributed by atoms with Crippen molar-refractivity contribution in [2.24, 2.45) is 0 Å². The van der Waals surface area contributed by atoms with Gasteiger partial charge in [-0.3, -0.25) is 9.59 Å². The van der Waals surface area contributed by atoms with Crippen LogP contribution in [0, 0.1) is 0 Å². The molecule has 1 heterocycles. The van der Waals surface area contributed by atoms with Crippen molar-refractivity contribution in [1.82, 2.24) is 10.3 Å². The van der Waals surface area contributed by atoms with Gasteiger partial charge in [0.15, 0.2) is 5.75 Å². The Bertz CT molecular complexity index is 1670. The average molecular weight is 504 g/mol. The maximum atomic E-state index is 13.0. The Morgan fingerprint density at radius 1 is 0.943 bits per heavy atom. The summed E-state index contributed by atoms with van der Waals surface area (Å²) >= 11 is 12.2. The van der Waals surface area contributed by atoms with Crippen molar-refractivity contribution in [3.8, 4) is 17.0 Å². The van der Waals surface area contributed by atoms with Gasteiger partial charge in [-0.25, -0.2) is 0 Å². The first-order chi connectivity index (χ1) is 16.8. The molecule has 1 aromatic heterocycles. The molecule has 0 spiro atoms. The average Bonchev–Trinajstić information content (AvgIpc) is 2.87. The van der Waals surface area contributed by atoms with Gasteiger partial charge in [-0.05, 0) is 46.7 Å². The molecular weight excluding hydrogens is 485 g/mol. The number of aromatic nitrogens is 1. The summed E-state index contributed by atoms with van der Waals surface area (Å²) in [6, 6.07) is 21.6. The van der Waals surface area contributed by atoms with Gasteiger partial charge in [0, 0.05) is 17.7 Å². The molecule has 0 unspecified atom stereocenters. The highest BCUT2D eigenvalue weighted by atomic mass is 35.5. The molecule has 8 heteroatoms. The Morgan fingerprint density at radius 3 is 2.43 bits per heavy atom. The summed E-state index contributed by atoms with van der Waals surface area (Å²) in [5.74, 6) is -0.845. The van der Waals surface area contributed by atoms with Crippen LogP contribution in [-0.2, 0) is 6.54 Å². The van der Waals surface area contributed by atoms with E-state index in [2.05, 4.69) is 10.3 Å². The number of aromatic hydroxyl groups is 1. The molecule has 1 amide bonds. The number of carbonyl (C=O) groups excluding carboxylic acids is 1. The molecule has 0 fully saturated rings. The highest BCUT2D eigenvalue weighted by molar-refractivity contribution is 6.39. The SMILES string of the molecule is Nc1c(Cl)cc(-c2[nH]c3ccc(C(=O)NCc4cccc5ccccc45)cc3c(=O)c2O)cc1Cl. The predicted molar refractivity (Wildman–Crippen MR) is 141 cm³/mol. The quantitative estimate of drug-likeness (QED) is 0.230. The molecule has 0 saturated heterocycles.